The predicted octanol–water partition coefficient (Wildman–Crippen LogP) is 1.10. The first-order chi connectivity index (χ1) is 9.97. The lowest BCUT2D eigenvalue weighted by atomic mass is 9.78. The number of carbonyl (C=O) groups is 1. The monoisotopic (exact) mass is 300 g/mol. The van der Waals surface area contributed by atoms with Crippen LogP contribution in [0.5, 0.6) is 0 Å². The molecule has 0 fully saturated rings. The van der Waals surface area contributed by atoms with E-state index in [1.54, 1.807) is 14.1 Å². The Labute approximate surface area is 129 Å². The van der Waals surface area contributed by atoms with E-state index in [9.17, 15) is 10.1 Å². The van der Waals surface area contributed by atoms with Gasteiger partial charge in [-0.3, -0.25) is 4.79 Å². The number of thiocarbonyl (C=S) groups is 1. The molecule has 6 heteroatoms. The number of benzene rings is 1. The van der Waals surface area contributed by atoms with Crippen molar-refractivity contribution in [3.8, 4) is 6.07 Å². The van der Waals surface area contributed by atoms with Gasteiger partial charge in [-0.05, 0) is 5.56 Å². The van der Waals surface area contributed by atoms with E-state index in [0.29, 0.717) is 10.6 Å². The van der Waals surface area contributed by atoms with Crippen molar-refractivity contribution in [3.63, 3.8) is 0 Å². The van der Waals surface area contributed by atoms with Gasteiger partial charge in [0.1, 0.15) is 11.7 Å². The number of allylic oxidation sites excluding steroid dienone is 1. The van der Waals surface area contributed by atoms with Crippen LogP contribution in [0.3, 0.4) is 0 Å². The van der Waals surface area contributed by atoms with Gasteiger partial charge in [0.05, 0.1) is 16.6 Å². The fourth-order valence-corrected chi connectivity index (χ4v) is 2.79. The smallest absolute Gasteiger partial charge is 0.233 e. The van der Waals surface area contributed by atoms with Crippen molar-refractivity contribution in [2.45, 2.75) is 5.92 Å². The van der Waals surface area contributed by atoms with Crippen LogP contribution >= 0.6 is 12.2 Å². The molecule has 0 radical (unpaired) electrons. The maximum Gasteiger partial charge on any atom is 0.233 e. The van der Waals surface area contributed by atoms with Crippen molar-refractivity contribution < 1.29 is 4.79 Å². The zero-order chi connectivity index (χ0) is 15.6. The highest BCUT2D eigenvalue weighted by atomic mass is 32.1. The molecule has 1 heterocycles. The highest BCUT2D eigenvalue weighted by Crippen LogP contribution is 2.36. The summed E-state index contributed by atoms with van der Waals surface area (Å²) in [5.74, 6) is -1.01. The summed E-state index contributed by atoms with van der Waals surface area (Å²) in [6, 6.07) is 11.5. The van der Waals surface area contributed by atoms with Gasteiger partial charge in [0, 0.05) is 20.0 Å². The minimum absolute atomic E-state index is 0.151. The maximum atomic E-state index is 12.5. The molecule has 1 aromatic carbocycles. The van der Waals surface area contributed by atoms with E-state index in [4.69, 9.17) is 18.0 Å². The molecular weight excluding hydrogens is 284 g/mol. The summed E-state index contributed by atoms with van der Waals surface area (Å²) in [5.41, 5.74) is 7.07. The molecule has 1 amide bonds. The minimum atomic E-state index is -0.626. The van der Waals surface area contributed by atoms with Crippen molar-refractivity contribution in [1.29, 1.82) is 5.26 Å². The molecule has 0 saturated carbocycles. The molecule has 5 nitrogen and oxygen atoms in total. The van der Waals surface area contributed by atoms with Gasteiger partial charge in [0.25, 0.3) is 0 Å². The van der Waals surface area contributed by atoms with Crippen LogP contribution in [0, 0.1) is 17.2 Å². The number of carbonyl (C=O) groups excluding carboxylic acids is 1. The quantitative estimate of drug-likeness (QED) is 0.799. The molecule has 0 bridgehead atoms. The number of hydrogen-bond acceptors (Lipinski definition) is 4. The fraction of sp³-hybridized carbons (Fsp3) is 0.267. The van der Waals surface area contributed by atoms with Crippen LogP contribution in [-0.2, 0) is 4.79 Å². The molecule has 0 aliphatic carbocycles. The summed E-state index contributed by atoms with van der Waals surface area (Å²) in [4.78, 5) is 14.3. The topological polar surface area (TPSA) is 82.2 Å². The number of nitrogens with zero attached hydrogens (tertiary/aromatic N) is 2. The van der Waals surface area contributed by atoms with Crippen LogP contribution < -0.4 is 11.1 Å². The van der Waals surface area contributed by atoms with Crippen LogP contribution in [0.4, 0.5) is 0 Å². The lowest BCUT2D eigenvalue weighted by Gasteiger charge is -2.34. The Balaban J connectivity index is 2.60. The largest absolute Gasteiger partial charge is 0.384 e. The van der Waals surface area contributed by atoms with Crippen molar-refractivity contribution in [1.82, 2.24) is 10.2 Å². The lowest BCUT2D eigenvalue weighted by Crippen LogP contribution is -2.48. The Bertz CT molecular complexity index is 645. The molecule has 108 valence electrons. The van der Waals surface area contributed by atoms with Gasteiger partial charge in [0.2, 0.25) is 5.91 Å². The Kier molecular flexibility index (Phi) is 4.24. The molecule has 1 aromatic rings. The van der Waals surface area contributed by atoms with Crippen LogP contribution in [0.25, 0.3) is 0 Å². The number of rotatable bonds is 2. The van der Waals surface area contributed by atoms with Crippen molar-refractivity contribution >= 4 is 23.1 Å². The van der Waals surface area contributed by atoms with E-state index in [-0.39, 0.29) is 11.7 Å². The number of amides is 1. The predicted molar refractivity (Wildman–Crippen MR) is 83.9 cm³/mol. The summed E-state index contributed by atoms with van der Waals surface area (Å²) in [6.45, 7) is 0. The number of nitrogens with one attached hydrogen (secondary N) is 1. The fourth-order valence-electron chi connectivity index (χ4n) is 2.45. The average Bonchev–Trinajstić information content (AvgIpc) is 2.46. The summed E-state index contributed by atoms with van der Waals surface area (Å²) in [6.07, 6.45) is 0. The van der Waals surface area contributed by atoms with Crippen molar-refractivity contribution in [3.05, 3.63) is 47.3 Å². The molecule has 0 aromatic heterocycles. The number of nitrogens with two attached hydrogens (primary N) is 1. The van der Waals surface area contributed by atoms with Gasteiger partial charge >= 0.3 is 0 Å². The zero-order valence-electron chi connectivity index (χ0n) is 11.8. The second-order valence-electron chi connectivity index (χ2n) is 5.03. The lowest BCUT2D eigenvalue weighted by molar-refractivity contribution is -0.131. The van der Waals surface area contributed by atoms with Gasteiger partial charge in [-0.2, -0.15) is 5.26 Å². The Morgan fingerprint density at radius 1 is 1.38 bits per heavy atom. The van der Waals surface area contributed by atoms with E-state index >= 15 is 0 Å². The first-order valence-corrected chi connectivity index (χ1v) is 6.85. The first kappa shape index (κ1) is 15.0. The highest BCUT2D eigenvalue weighted by Gasteiger charge is 2.41. The van der Waals surface area contributed by atoms with Crippen molar-refractivity contribution in [2.75, 3.05) is 14.1 Å². The molecule has 2 atom stereocenters. The van der Waals surface area contributed by atoms with Gasteiger partial charge in [-0.15, -0.1) is 0 Å². The third kappa shape index (κ3) is 2.73. The second kappa shape index (κ2) is 5.94. The summed E-state index contributed by atoms with van der Waals surface area (Å²) in [7, 11) is 3.33. The van der Waals surface area contributed by atoms with E-state index in [1.807, 2.05) is 30.3 Å². The van der Waals surface area contributed by atoms with Crippen LogP contribution in [0.1, 0.15) is 11.5 Å². The van der Waals surface area contributed by atoms with E-state index in [2.05, 4.69) is 11.4 Å². The molecule has 21 heavy (non-hydrogen) atoms. The van der Waals surface area contributed by atoms with Crippen LogP contribution in [0.2, 0.25) is 0 Å². The van der Waals surface area contributed by atoms with E-state index in [1.165, 1.54) is 4.90 Å². The maximum absolute atomic E-state index is 12.5. The molecule has 0 spiro atoms. The minimum Gasteiger partial charge on any atom is -0.384 e. The molecule has 0 saturated heterocycles. The van der Waals surface area contributed by atoms with Crippen LogP contribution in [0.15, 0.2) is 41.7 Å². The third-order valence-electron chi connectivity index (χ3n) is 3.46. The molecule has 3 N–H and O–H groups in total. The molecular formula is C15H16N4OS. The number of hydrogen-bond donors (Lipinski definition) is 2. The summed E-state index contributed by atoms with van der Waals surface area (Å²) >= 11 is 5.30. The second-order valence-corrected chi connectivity index (χ2v) is 5.47. The standard InChI is InChI=1S/C15H16N4OS/c1-19(2)15(20)12-11(9-6-4-3-5-7-9)10(8-16)13(17)18-14(12)21/h3-7,11-12H,17H2,1-2H3,(H,18,21)/t11-,12-/m1/s1. The molecule has 1 aliphatic rings. The molecule has 1 aliphatic heterocycles. The van der Waals surface area contributed by atoms with E-state index < -0.39 is 11.8 Å². The summed E-state index contributed by atoms with van der Waals surface area (Å²) in [5, 5.41) is 12.2. The average molecular weight is 300 g/mol. The zero-order valence-corrected chi connectivity index (χ0v) is 12.6. The summed E-state index contributed by atoms with van der Waals surface area (Å²) < 4.78 is 0. The van der Waals surface area contributed by atoms with Gasteiger partial charge < -0.3 is 16.0 Å². The highest BCUT2D eigenvalue weighted by molar-refractivity contribution is 7.80. The van der Waals surface area contributed by atoms with E-state index in [0.717, 1.165) is 5.56 Å². The molecule has 0 unspecified atom stereocenters. The van der Waals surface area contributed by atoms with Gasteiger partial charge in [-0.25, -0.2) is 0 Å². The van der Waals surface area contributed by atoms with Crippen LogP contribution in [-0.4, -0.2) is 29.9 Å². The van der Waals surface area contributed by atoms with Crippen molar-refractivity contribution in [2.24, 2.45) is 11.7 Å². The Morgan fingerprint density at radius 2 is 2.00 bits per heavy atom. The normalized spacial score (nSPS) is 21.5. The third-order valence-corrected chi connectivity index (χ3v) is 3.82. The number of nitriles is 1. The SMILES string of the molecule is CN(C)C(=O)[C@H]1C(=S)NC(N)=C(C#N)[C@H]1c1ccccc1. The molecule has 2 rings (SSSR count). The van der Waals surface area contributed by atoms with Gasteiger partial charge in [0.15, 0.2) is 0 Å². The Hall–Kier alpha value is -2.39. The first-order valence-electron chi connectivity index (χ1n) is 6.44. The Morgan fingerprint density at radius 3 is 2.52 bits per heavy atom. The van der Waals surface area contributed by atoms with Gasteiger partial charge in [-0.1, -0.05) is 42.5 Å².